The summed E-state index contributed by atoms with van der Waals surface area (Å²) < 4.78 is 61.2. The van der Waals surface area contributed by atoms with E-state index in [1.807, 2.05) is 44.2 Å². The molecule has 33 heavy (non-hydrogen) atoms. The fourth-order valence-electron chi connectivity index (χ4n) is 3.70. The fraction of sp³-hybridized carbons (Fsp3) is 0.0769. The van der Waals surface area contributed by atoms with E-state index in [4.69, 9.17) is 3.63 Å². The van der Waals surface area contributed by atoms with E-state index in [9.17, 15) is 17.2 Å². The molecule has 0 fully saturated rings. The van der Waals surface area contributed by atoms with Crippen molar-refractivity contribution in [2.75, 3.05) is 0 Å². The van der Waals surface area contributed by atoms with Gasteiger partial charge in [-0.25, -0.2) is 12.4 Å². The van der Waals surface area contributed by atoms with Crippen LogP contribution in [0.2, 0.25) is 0 Å². The summed E-state index contributed by atoms with van der Waals surface area (Å²) in [7, 11) is -7.50. The second-order valence-corrected chi connectivity index (χ2v) is 11.9. The van der Waals surface area contributed by atoms with E-state index in [1.165, 1.54) is 0 Å². The third-order valence-corrected chi connectivity index (χ3v) is 10.5. The molecule has 0 amide bonds. The maximum absolute atomic E-state index is 14.6. The number of rotatable bonds is 6. The highest BCUT2D eigenvalue weighted by Crippen LogP contribution is 2.71. The van der Waals surface area contributed by atoms with Crippen LogP contribution >= 0.6 is 10.3 Å². The summed E-state index contributed by atoms with van der Waals surface area (Å²) in [5.41, 5.74) is 1.85. The smallest absolute Gasteiger partial charge is 0.207 e. The van der Waals surface area contributed by atoms with Crippen molar-refractivity contribution in [3.05, 3.63) is 120 Å². The van der Waals surface area contributed by atoms with Crippen molar-refractivity contribution in [1.29, 1.82) is 0 Å². The normalized spacial score (nSPS) is 12.5. The van der Waals surface area contributed by atoms with Crippen LogP contribution < -0.4 is 0 Å². The Bertz CT molecular complexity index is 1350. The molecule has 0 atom stereocenters. The van der Waals surface area contributed by atoms with Crippen molar-refractivity contribution in [2.24, 2.45) is 0 Å². The number of benzene rings is 4. The molecule has 0 N–H and O–H groups in total. The highest BCUT2D eigenvalue weighted by Gasteiger charge is 2.40. The first-order valence-electron chi connectivity index (χ1n) is 10.2. The summed E-state index contributed by atoms with van der Waals surface area (Å²) >= 11 is 0. The zero-order valence-electron chi connectivity index (χ0n) is 18.0. The van der Waals surface area contributed by atoms with E-state index in [0.717, 1.165) is 23.3 Å². The molecule has 0 saturated heterocycles. The number of aryl methyl sites for hydroxylation is 2. The Morgan fingerprint density at radius 1 is 0.667 bits per heavy atom. The van der Waals surface area contributed by atoms with E-state index in [-0.39, 0.29) is 0 Å². The van der Waals surface area contributed by atoms with Gasteiger partial charge in [0.05, 0.1) is 0 Å². The van der Waals surface area contributed by atoms with Gasteiger partial charge in [0, 0.05) is 20.8 Å². The molecule has 170 valence electrons. The molecule has 0 bridgehead atoms. The van der Waals surface area contributed by atoms with Crippen molar-refractivity contribution in [3.63, 3.8) is 0 Å². The summed E-state index contributed by atoms with van der Waals surface area (Å²) in [6, 6.07) is 26.1. The quantitative estimate of drug-likeness (QED) is 0.291. The van der Waals surface area contributed by atoms with Crippen LogP contribution in [0.25, 0.3) is 0 Å². The number of halogens is 2. The van der Waals surface area contributed by atoms with E-state index >= 15 is 0 Å². The Labute approximate surface area is 194 Å². The zero-order valence-corrected chi connectivity index (χ0v) is 19.7. The first-order chi connectivity index (χ1) is 15.7. The average Bonchev–Trinajstić information content (AvgIpc) is 2.79. The van der Waals surface area contributed by atoms with Crippen LogP contribution in [0.4, 0.5) is 8.78 Å². The third kappa shape index (κ3) is 4.44. The van der Waals surface area contributed by atoms with E-state index in [2.05, 4.69) is 0 Å². The molecule has 4 rings (SSSR count). The Balaban J connectivity index is 2.06. The molecule has 3 nitrogen and oxygen atoms in total. The SMILES string of the molecule is Cc1ccc(S(OS(=O)(=O)c2ccc(F)cc2F)(c2ccccc2)c2ccccc2)c(C)c1. The van der Waals surface area contributed by atoms with Gasteiger partial charge in [0.1, 0.15) is 16.5 Å². The Kier molecular flexibility index (Phi) is 6.38. The van der Waals surface area contributed by atoms with Crippen LogP contribution in [0.1, 0.15) is 11.1 Å². The monoisotopic (exact) mass is 484 g/mol. The topological polar surface area (TPSA) is 43.4 Å². The van der Waals surface area contributed by atoms with Crippen LogP contribution in [0.5, 0.6) is 0 Å². The third-order valence-electron chi connectivity index (χ3n) is 5.15. The van der Waals surface area contributed by atoms with Crippen molar-refractivity contribution < 1.29 is 20.8 Å². The molecule has 0 spiro atoms. The summed E-state index contributed by atoms with van der Waals surface area (Å²) in [6.45, 7) is 3.84. The number of hydrogen-bond acceptors (Lipinski definition) is 3. The standard InChI is InChI=1S/C26H22F2O3S2/c1-19-13-15-25(20(2)17-19)32(22-9-5-3-6-10-22,23-11-7-4-8-12-23)31-33(29,30)26-16-14-21(27)18-24(26)28/h3-18H,1-2H3. The molecule has 0 aliphatic carbocycles. The van der Waals surface area contributed by atoms with Crippen molar-refractivity contribution in [1.82, 2.24) is 0 Å². The van der Waals surface area contributed by atoms with Gasteiger partial charge in [0.2, 0.25) is 0 Å². The first-order valence-corrected chi connectivity index (χ1v) is 13.1. The van der Waals surface area contributed by atoms with Crippen molar-refractivity contribution in [2.45, 2.75) is 33.4 Å². The molecular formula is C26H22F2O3S2. The Hall–Kier alpha value is -3.00. The first kappa shape index (κ1) is 23.2. The van der Waals surface area contributed by atoms with E-state index in [1.54, 1.807) is 48.5 Å². The highest BCUT2D eigenvalue weighted by atomic mass is 32.3. The molecule has 0 heterocycles. The van der Waals surface area contributed by atoms with Crippen LogP contribution in [0.15, 0.2) is 117 Å². The predicted octanol–water partition coefficient (Wildman–Crippen LogP) is 7.18. The van der Waals surface area contributed by atoms with Crippen molar-refractivity contribution >= 4 is 20.4 Å². The van der Waals surface area contributed by atoms with Gasteiger partial charge in [0.25, 0.3) is 0 Å². The zero-order chi connectivity index (χ0) is 23.6. The lowest BCUT2D eigenvalue weighted by molar-refractivity contribution is 0.493. The molecule has 7 heteroatoms. The van der Waals surface area contributed by atoms with Gasteiger partial charge in [-0.2, -0.15) is 8.42 Å². The van der Waals surface area contributed by atoms with Gasteiger partial charge in [-0.3, -0.25) is 0 Å². The van der Waals surface area contributed by atoms with Crippen LogP contribution in [0, 0.1) is 25.5 Å². The molecule has 4 aromatic carbocycles. The lowest BCUT2D eigenvalue weighted by atomic mass is 10.2. The average molecular weight is 485 g/mol. The van der Waals surface area contributed by atoms with Crippen molar-refractivity contribution in [3.8, 4) is 0 Å². The van der Waals surface area contributed by atoms with E-state index in [0.29, 0.717) is 20.8 Å². The number of hydrogen-bond donors (Lipinski definition) is 0. The van der Waals surface area contributed by atoms with Gasteiger partial charge in [-0.15, -0.1) is 0 Å². The summed E-state index contributed by atoms with van der Waals surface area (Å²) in [5.74, 6) is -2.07. The summed E-state index contributed by atoms with van der Waals surface area (Å²) in [5, 5.41) is 0. The second kappa shape index (κ2) is 9.09. The lowest BCUT2D eigenvalue weighted by Crippen LogP contribution is -2.16. The van der Waals surface area contributed by atoms with Crippen LogP contribution in [-0.4, -0.2) is 8.42 Å². The van der Waals surface area contributed by atoms with E-state index < -0.39 is 37.0 Å². The van der Waals surface area contributed by atoms with Gasteiger partial charge < -0.3 is 0 Å². The lowest BCUT2D eigenvalue weighted by Gasteiger charge is -2.40. The highest BCUT2D eigenvalue weighted by molar-refractivity contribution is 8.33. The largest absolute Gasteiger partial charge is 0.310 e. The van der Waals surface area contributed by atoms with Crippen LogP contribution in [0.3, 0.4) is 0 Å². The molecule has 0 aliphatic rings. The maximum atomic E-state index is 14.6. The Morgan fingerprint density at radius 2 is 1.21 bits per heavy atom. The predicted molar refractivity (Wildman–Crippen MR) is 126 cm³/mol. The molecule has 0 aromatic heterocycles. The molecule has 0 saturated carbocycles. The molecule has 0 radical (unpaired) electrons. The minimum atomic E-state index is -4.64. The summed E-state index contributed by atoms with van der Waals surface area (Å²) in [6.07, 6.45) is 0. The molecule has 0 aliphatic heterocycles. The minimum Gasteiger partial charge on any atom is -0.207 e. The van der Waals surface area contributed by atoms with Gasteiger partial charge in [0.15, 0.2) is 0 Å². The molecule has 0 unspecified atom stereocenters. The van der Waals surface area contributed by atoms with Gasteiger partial charge in [-0.1, -0.05) is 54.1 Å². The van der Waals surface area contributed by atoms with Gasteiger partial charge in [-0.05, 0) is 72.2 Å². The van der Waals surface area contributed by atoms with Crippen LogP contribution in [-0.2, 0) is 13.7 Å². The minimum absolute atomic E-state index is 0.537. The second-order valence-electron chi connectivity index (χ2n) is 7.55. The Morgan fingerprint density at radius 3 is 1.73 bits per heavy atom. The fourth-order valence-corrected chi connectivity index (χ4v) is 9.16. The van der Waals surface area contributed by atoms with Gasteiger partial charge >= 0.3 is 10.1 Å². The molecular weight excluding hydrogens is 462 g/mol. The maximum Gasteiger partial charge on any atom is 0.310 e. The summed E-state index contributed by atoms with van der Waals surface area (Å²) in [4.78, 5) is 1.23. The molecule has 4 aromatic rings.